The zero-order valence-corrected chi connectivity index (χ0v) is 15.2. The molecule has 0 radical (unpaired) electrons. The predicted molar refractivity (Wildman–Crippen MR) is 96.6 cm³/mol. The van der Waals surface area contributed by atoms with Crippen LogP contribution in [-0.4, -0.2) is 18.8 Å². The molecule has 2 atom stereocenters. The Hall–Kier alpha value is -0.670. The van der Waals surface area contributed by atoms with Crippen molar-refractivity contribution in [3.05, 3.63) is 26.7 Å². The third-order valence-corrected chi connectivity index (χ3v) is 7.10. The number of aliphatic imine (C=N–C) groups is 1. The third-order valence-electron chi connectivity index (χ3n) is 5.91. The smallest absolute Gasteiger partial charge is 0.0711 e. The number of halogens is 1. The first-order valence-corrected chi connectivity index (χ1v) is 9.58. The fourth-order valence-electron chi connectivity index (χ4n) is 4.73. The van der Waals surface area contributed by atoms with Crippen molar-refractivity contribution in [3.63, 3.8) is 0 Å². The summed E-state index contributed by atoms with van der Waals surface area (Å²) in [5.41, 5.74) is 8.82. The molecule has 0 aromatic heterocycles. The second-order valence-corrected chi connectivity index (χ2v) is 7.96. The quantitative estimate of drug-likeness (QED) is 0.751. The van der Waals surface area contributed by atoms with Crippen molar-refractivity contribution < 1.29 is 0 Å². The molecule has 1 aliphatic carbocycles. The van der Waals surface area contributed by atoms with Crippen molar-refractivity contribution in [3.8, 4) is 0 Å². The molecular formula is C19H25BrN2. The predicted octanol–water partition coefficient (Wildman–Crippen LogP) is 4.96. The van der Waals surface area contributed by atoms with Crippen LogP contribution in [0.25, 0.3) is 0 Å². The molecule has 22 heavy (non-hydrogen) atoms. The molecular weight excluding hydrogens is 336 g/mol. The van der Waals surface area contributed by atoms with E-state index >= 15 is 0 Å². The Morgan fingerprint density at radius 1 is 1.05 bits per heavy atom. The Morgan fingerprint density at radius 3 is 2.77 bits per heavy atom. The van der Waals surface area contributed by atoms with E-state index in [1.54, 1.807) is 11.1 Å². The zero-order valence-electron chi connectivity index (χ0n) is 13.6. The Labute approximate surface area is 141 Å². The molecule has 0 spiro atoms. The molecule has 0 amide bonds. The van der Waals surface area contributed by atoms with Gasteiger partial charge < -0.3 is 5.32 Å². The van der Waals surface area contributed by atoms with Gasteiger partial charge in [-0.05, 0) is 93.6 Å². The minimum atomic E-state index is 0.618. The summed E-state index contributed by atoms with van der Waals surface area (Å²) in [7, 11) is 0. The first kappa shape index (κ1) is 14.9. The number of benzene rings is 1. The van der Waals surface area contributed by atoms with Crippen LogP contribution in [-0.2, 0) is 6.42 Å². The highest BCUT2D eigenvalue weighted by molar-refractivity contribution is 9.10. The van der Waals surface area contributed by atoms with E-state index < -0.39 is 0 Å². The maximum absolute atomic E-state index is 5.23. The maximum Gasteiger partial charge on any atom is 0.0711 e. The highest BCUT2D eigenvalue weighted by atomic mass is 79.9. The van der Waals surface area contributed by atoms with Crippen LogP contribution in [0.1, 0.15) is 60.3 Å². The van der Waals surface area contributed by atoms with Gasteiger partial charge in [0.15, 0.2) is 0 Å². The lowest BCUT2D eigenvalue weighted by Gasteiger charge is -2.28. The van der Waals surface area contributed by atoms with Crippen LogP contribution in [0.3, 0.4) is 0 Å². The lowest BCUT2D eigenvalue weighted by Crippen LogP contribution is -2.24. The van der Waals surface area contributed by atoms with Gasteiger partial charge in [-0.2, -0.15) is 0 Å². The number of nitrogens with zero attached hydrogens (tertiary/aromatic N) is 1. The molecule has 3 heteroatoms. The molecule has 0 bridgehead atoms. The largest absolute Gasteiger partial charge is 0.317 e. The molecule has 2 unspecified atom stereocenters. The standard InChI is InChI=1S/C19H25BrN2/c1-11-14-6-3-7-15-16(14)18(12(2)17(11)20)22-19(15)13-5-4-9-21-10-8-13/h13,15,21H,3-10H2,1-2H3. The molecule has 1 aromatic rings. The minimum Gasteiger partial charge on any atom is -0.317 e. The van der Waals surface area contributed by atoms with Gasteiger partial charge in [-0.3, -0.25) is 4.99 Å². The summed E-state index contributed by atoms with van der Waals surface area (Å²) in [5, 5.41) is 3.55. The molecule has 2 aliphatic heterocycles. The summed E-state index contributed by atoms with van der Waals surface area (Å²) in [6.07, 6.45) is 7.73. The summed E-state index contributed by atoms with van der Waals surface area (Å²) >= 11 is 3.82. The fraction of sp³-hybridized carbons (Fsp3) is 0.632. The van der Waals surface area contributed by atoms with Crippen LogP contribution in [0.5, 0.6) is 0 Å². The highest BCUT2D eigenvalue weighted by Crippen LogP contribution is 2.51. The molecule has 1 fully saturated rings. The summed E-state index contributed by atoms with van der Waals surface area (Å²) in [6.45, 7) is 6.85. The van der Waals surface area contributed by atoms with E-state index in [0.29, 0.717) is 11.8 Å². The van der Waals surface area contributed by atoms with Crippen molar-refractivity contribution in [1.29, 1.82) is 0 Å². The van der Waals surface area contributed by atoms with Gasteiger partial charge in [0.25, 0.3) is 0 Å². The minimum absolute atomic E-state index is 0.618. The maximum atomic E-state index is 5.23. The average Bonchev–Trinajstić information content (AvgIpc) is 2.72. The number of rotatable bonds is 1. The Kier molecular flexibility index (Phi) is 3.90. The molecule has 3 aliphatic rings. The van der Waals surface area contributed by atoms with Gasteiger partial charge in [-0.25, -0.2) is 0 Å². The number of hydrogen-bond donors (Lipinski definition) is 1. The van der Waals surface area contributed by atoms with Gasteiger partial charge in [0.05, 0.1) is 5.69 Å². The van der Waals surface area contributed by atoms with Crippen LogP contribution in [0, 0.1) is 19.8 Å². The first-order valence-electron chi connectivity index (χ1n) is 8.79. The number of nitrogens with one attached hydrogen (secondary N) is 1. The van der Waals surface area contributed by atoms with Crippen LogP contribution in [0.15, 0.2) is 9.47 Å². The molecule has 118 valence electrons. The molecule has 2 nitrogen and oxygen atoms in total. The van der Waals surface area contributed by atoms with Gasteiger partial charge in [0.2, 0.25) is 0 Å². The van der Waals surface area contributed by atoms with Gasteiger partial charge in [-0.1, -0.05) is 15.9 Å². The molecule has 1 aromatic carbocycles. The second kappa shape index (κ2) is 5.76. The van der Waals surface area contributed by atoms with Crippen molar-refractivity contribution in [1.82, 2.24) is 5.32 Å². The lowest BCUT2D eigenvalue weighted by atomic mass is 9.75. The summed E-state index contributed by atoms with van der Waals surface area (Å²) in [6, 6.07) is 0. The average molecular weight is 361 g/mol. The van der Waals surface area contributed by atoms with E-state index in [0.717, 1.165) is 6.54 Å². The van der Waals surface area contributed by atoms with Crippen molar-refractivity contribution in [2.45, 2.75) is 58.3 Å². The Morgan fingerprint density at radius 2 is 1.91 bits per heavy atom. The summed E-state index contributed by atoms with van der Waals surface area (Å²) in [5.74, 6) is 1.31. The Bertz CT molecular complexity index is 640. The summed E-state index contributed by atoms with van der Waals surface area (Å²) in [4.78, 5) is 5.23. The Balaban J connectivity index is 1.81. The SMILES string of the molecule is Cc1c(Br)c(C)c2c3c1CCCC3C(C1CCCNCC1)=N2. The molecule has 1 saturated heterocycles. The topological polar surface area (TPSA) is 24.4 Å². The van der Waals surface area contributed by atoms with Crippen LogP contribution in [0.4, 0.5) is 5.69 Å². The molecule has 4 rings (SSSR count). The van der Waals surface area contributed by atoms with Gasteiger partial charge >= 0.3 is 0 Å². The van der Waals surface area contributed by atoms with Gasteiger partial charge in [0, 0.05) is 16.1 Å². The first-order chi connectivity index (χ1) is 10.7. The van der Waals surface area contributed by atoms with Crippen LogP contribution in [0.2, 0.25) is 0 Å². The second-order valence-electron chi connectivity index (χ2n) is 7.16. The van der Waals surface area contributed by atoms with E-state index in [2.05, 4.69) is 35.1 Å². The van der Waals surface area contributed by atoms with Crippen molar-refractivity contribution >= 4 is 27.3 Å². The lowest BCUT2D eigenvalue weighted by molar-refractivity contribution is 0.568. The normalized spacial score (nSPS) is 27.3. The molecule has 0 saturated carbocycles. The van der Waals surface area contributed by atoms with E-state index in [9.17, 15) is 0 Å². The van der Waals surface area contributed by atoms with E-state index in [4.69, 9.17) is 4.99 Å². The summed E-state index contributed by atoms with van der Waals surface area (Å²) < 4.78 is 1.29. The number of hydrogen-bond acceptors (Lipinski definition) is 2. The fourth-order valence-corrected chi connectivity index (χ4v) is 5.15. The van der Waals surface area contributed by atoms with Gasteiger partial charge in [0.1, 0.15) is 0 Å². The van der Waals surface area contributed by atoms with Crippen LogP contribution >= 0.6 is 15.9 Å². The third kappa shape index (κ3) is 2.20. The van der Waals surface area contributed by atoms with Crippen LogP contribution < -0.4 is 5.32 Å². The van der Waals surface area contributed by atoms with E-state index in [1.165, 1.54) is 72.1 Å². The van der Waals surface area contributed by atoms with Crippen molar-refractivity contribution in [2.24, 2.45) is 10.9 Å². The zero-order chi connectivity index (χ0) is 15.3. The van der Waals surface area contributed by atoms with E-state index in [1.807, 2.05) is 0 Å². The van der Waals surface area contributed by atoms with Gasteiger partial charge in [-0.15, -0.1) is 0 Å². The monoisotopic (exact) mass is 360 g/mol. The van der Waals surface area contributed by atoms with E-state index in [-0.39, 0.29) is 0 Å². The van der Waals surface area contributed by atoms with Crippen molar-refractivity contribution in [2.75, 3.05) is 13.1 Å². The molecule has 1 N–H and O–H groups in total. The molecule has 2 heterocycles. The highest BCUT2D eigenvalue weighted by Gasteiger charge is 2.37.